The first kappa shape index (κ1) is 19.0. The molecule has 0 radical (unpaired) electrons. The molecule has 2 aromatic rings. The van der Waals surface area contributed by atoms with Gasteiger partial charge in [0.05, 0.1) is 18.3 Å². The Morgan fingerprint density at radius 1 is 1.21 bits per heavy atom. The van der Waals surface area contributed by atoms with Crippen LogP contribution >= 0.6 is 0 Å². The maximum atomic E-state index is 12.8. The fourth-order valence-electron chi connectivity index (χ4n) is 4.02. The number of likely N-dealkylation sites (N-methyl/N-ethyl adjacent to an activating group) is 1. The van der Waals surface area contributed by atoms with Crippen molar-refractivity contribution in [2.24, 2.45) is 0 Å². The predicted octanol–water partition coefficient (Wildman–Crippen LogP) is 1.68. The van der Waals surface area contributed by atoms with E-state index in [9.17, 15) is 18.0 Å². The standard InChI is InChI=1S/C20H25N3O4S/c1-22(12-19(24)21-14-8-9-14)20(25)13-7-10-18-16(11-13)15-5-3-4-6-17(15)23(18)28(2,26)27/h7,10-11,14H,3-6,8-9,12H2,1-2H3,(H,21,24). The molecular weight excluding hydrogens is 378 g/mol. The number of hydrogen-bond donors (Lipinski definition) is 1. The van der Waals surface area contributed by atoms with Gasteiger partial charge in [0.1, 0.15) is 0 Å². The molecule has 0 aliphatic heterocycles. The van der Waals surface area contributed by atoms with Crippen LogP contribution in [0.4, 0.5) is 0 Å². The SMILES string of the molecule is CN(CC(=O)NC1CC1)C(=O)c1ccc2c(c1)c1c(n2S(C)(=O)=O)CCCC1. The smallest absolute Gasteiger partial charge is 0.254 e. The number of nitrogens with zero attached hydrogens (tertiary/aromatic N) is 2. The number of fused-ring (bicyclic) bond motifs is 3. The first-order valence-corrected chi connectivity index (χ1v) is 11.5. The Morgan fingerprint density at radius 3 is 2.61 bits per heavy atom. The van der Waals surface area contributed by atoms with Gasteiger partial charge >= 0.3 is 0 Å². The molecule has 2 amide bonds. The van der Waals surface area contributed by atoms with Crippen LogP contribution < -0.4 is 5.32 Å². The Labute approximate surface area is 164 Å². The average Bonchev–Trinajstić information content (AvgIpc) is 3.38. The number of amides is 2. The van der Waals surface area contributed by atoms with E-state index in [1.54, 1.807) is 25.2 Å². The lowest BCUT2D eigenvalue weighted by Gasteiger charge is -2.17. The number of nitrogens with one attached hydrogen (secondary N) is 1. The van der Waals surface area contributed by atoms with Crippen LogP contribution in [0.2, 0.25) is 0 Å². The third-order valence-corrected chi connectivity index (χ3v) is 6.55. The first-order valence-electron chi connectivity index (χ1n) is 9.67. The Morgan fingerprint density at radius 2 is 1.93 bits per heavy atom. The van der Waals surface area contributed by atoms with Gasteiger partial charge in [-0.15, -0.1) is 0 Å². The molecule has 0 bridgehead atoms. The molecule has 0 atom stereocenters. The van der Waals surface area contributed by atoms with Crippen LogP contribution in [0, 0.1) is 0 Å². The minimum Gasteiger partial charge on any atom is -0.352 e. The summed E-state index contributed by atoms with van der Waals surface area (Å²) in [6.07, 6.45) is 6.73. The lowest BCUT2D eigenvalue weighted by atomic mass is 9.95. The highest BCUT2D eigenvalue weighted by Crippen LogP contribution is 2.34. The van der Waals surface area contributed by atoms with E-state index in [0.29, 0.717) is 11.1 Å². The lowest BCUT2D eigenvalue weighted by Crippen LogP contribution is -2.39. The molecule has 1 N–H and O–H groups in total. The van der Waals surface area contributed by atoms with Gasteiger partial charge in [-0.25, -0.2) is 12.4 Å². The molecule has 1 aromatic heterocycles. The van der Waals surface area contributed by atoms with Crippen LogP contribution in [0.15, 0.2) is 18.2 Å². The second kappa shape index (κ2) is 6.92. The van der Waals surface area contributed by atoms with Gasteiger partial charge < -0.3 is 10.2 Å². The minimum atomic E-state index is -3.43. The van der Waals surface area contributed by atoms with Crippen LogP contribution in [-0.4, -0.2) is 55.0 Å². The zero-order valence-electron chi connectivity index (χ0n) is 16.2. The zero-order valence-corrected chi connectivity index (χ0v) is 17.0. The summed E-state index contributed by atoms with van der Waals surface area (Å²) in [6.45, 7) is 0.00975. The van der Waals surface area contributed by atoms with Crippen molar-refractivity contribution in [2.45, 2.75) is 44.6 Å². The van der Waals surface area contributed by atoms with Crippen molar-refractivity contribution < 1.29 is 18.0 Å². The highest BCUT2D eigenvalue weighted by Gasteiger charge is 2.27. The number of carbonyl (C=O) groups excluding carboxylic acids is 2. The molecule has 0 saturated heterocycles. The normalized spacial score (nSPS) is 16.6. The van der Waals surface area contributed by atoms with Gasteiger partial charge in [-0.05, 0) is 62.3 Å². The van der Waals surface area contributed by atoms with Gasteiger partial charge in [0.2, 0.25) is 15.9 Å². The molecule has 0 unspecified atom stereocenters. The second-order valence-corrected chi connectivity index (χ2v) is 9.73. The summed E-state index contributed by atoms with van der Waals surface area (Å²) < 4.78 is 26.2. The van der Waals surface area contributed by atoms with Gasteiger partial charge in [0.15, 0.2) is 0 Å². The van der Waals surface area contributed by atoms with E-state index in [-0.39, 0.29) is 24.4 Å². The van der Waals surface area contributed by atoms with Gasteiger partial charge in [-0.3, -0.25) is 9.59 Å². The molecule has 0 spiro atoms. The quantitative estimate of drug-likeness (QED) is 0.823. The van der Waals surface area contributed by atoms with Crippen molar-refractivity contribution in [3.05, 3.63) is 35.0 Å². The predicted molar refractivity (Wildman–Crippen MR) is 107 cm³/mol. The summed E-state index contributed by atoms with van der Waals surface area (Å²) >= 11 is 0. The van der Waals surface area contributed by atoms with Crippen LogP contribution in [0.1, 0.15) is 47.3 Å². The topological polar surface area (TPSA) is 88.5 Å². The Hall–Kier alpha value is -2.35. The molecule has 7 nitrogen and oxygen atoms in total. The van der Waals surface area contributed by atoms with Crippen molar-refractivity contribution in [3.8, 4) is 0 Å². The molecule has 1 heterocycles. The molecule has 1 fully saturated rings. The third kappa shape index (κ3) is 3.53. The minimum absolute atomic E-state index is 0.00975. The van der Waals surface area contributed by atoms with E-state index in [2.05, 4.69) is 5.32 Å². The highest BCUT2D eigenvalue weighted by atomic mass is 32.2. The number of carbonyl (C=O) groups is 2. The molecule has 4 rings (SSSR count). The van der Waals surface area contributed by atoms with E-state index >= 15 is 0 Å². The fourth-order valence-corrected chi connectivity index (χ4v) is 5.14. The third-order valence-electron chi connectivity index (χ3n) is 5.47. The molecule has 28 heavy (non-hydrogen) atoms. The monoisotopic (exact) mass is 403 g/mol. The summed E-state index contributed by atoms with van der Waals surface area (Å²) in [4.78, 5) is 26.2. The average molecular weight is 404 g/mol. The number of hydrogen-bond acceptors (Lipinski definition) is 4. The van der Waals surface area contributed by atoms with E-state index < -0.39 is 10.0 Å². The van der Waals surface area contributed by atoms with Crippen molar-refractivity contribution in [1.29, 1.82) is 0 Å². The number of aryl methyl sites for hydroxylation is 1. The summed E-state index contributed by atoms with van der Waals surface area (Å²) in [5.74, 6) is -0.399. The van der Waals surface area contributed by atoms with E-state index in [1.807, 2.05) is 0 Å². The highest BCUT2D eigenvalue weighted by molar-refractivity contribution is 7.89. The van der Waals surface area contributed by atoms with Crippen LogP contribution in [0.25, 0.3) is 10.9 Å². The van der Waals surface area contributed by atoms with Crippen molar-refractivity contribution in [1.82, 2.24) is 14.2 Å². The van der Waals surface area contributed by atoms with E-state index in [4.69, 9.17) is 0 Å². The summed E-state index contributed by atoms with van der Waals surface area (Å²) in [7, 11) is -1.82. The molecular formula is C20H25N3O4S. The van der Waals surface area contributed by atoms with Gasteiger partial charge in [-0.2, -0.15) is 0 Å². The Balaban J connectivity index is 1.67. The largest absolute Gasteiger partial charge is 0.352 e. The Kier molecular flexibility index (Phi) is 4.69. The van der Waals surface area contributed by atoms with Crippen molar-refractivity contribution in [3.63, 3.8) is 0 Å². The molecule has 8 heteroatoms. The molecule has 2 aliphatic rings. The second-order valence-electron chi connectivity index (χ2n) is 7.89. The number of rotatable bonds is 5. The van der Waals surface area contributed by atoms with Crippen LogP contribution in [-0.2, 0) is 27.7 Å². The van der Waals surface area contributed by atoms with Gasteiger partial charge in [0, 0.05) is 29.7 Å². The van der Waals surface area contributed by atoms with Gasteiger partial charge in [-0.1, -0.05) is 0 Å². The zero-order chi connectivity index (χ0) is 20.1. The Bertz CT molecular complexity index is 1070. The molecule has 1 aromatic carbocycles. The molecule has 2 aliphatic carbocycles. The maximum absolute atomic E-state index is 12.8. The lowest BCUT2D eigenvalue weighted by molar-refractivity contribution is -0.121. The van der Waals surface area contributed by atoms with Gasteiger partial charge in [0.25, 0.3) is 5.91 Å². The van der Waals surface area contributed by atoms with Crippen molar-refractivity contribution in [2.75, 3.05) is 19.8 Å². The summed E-state index contributed by atoms with van der Waals surface area (Å²) in [6, 6.07) is 5.39. The maximum Gasteiger partial charge on any atom is 0.254 e. The van der Waals surface area contributed by atoms with Crippen LogP contribution in [0.3, 0.4) is 0 Å². The van der Waals surface area contributed by atoms with Crippen molar-refractivity contribution >= 4 is 32.7 Å². The fraction of sp³-hybridized carbons (Fsp3) is 0.500. The summed E-state index contributed by atoms with van der Waals surface area (Å²) in [5, 5.41) is 3.70. The number of benzene rings is 1. The van der Waals surface area contributed by atoms with E-state index in [1.165, 1.54) is 15.1 Å². The molecule has 1 saturated carbocycles. The number of aromatic nitrogens is 1. The summed E-state index contributed by atoms with van der Waals surface area (Å²) in [5.41, 5.74) is 2.95. The first-order chi connectivity index (χ1) is 13.3. The van der Waals surface area contributed by atoms with E-state index in [0.717, 1.165) is 55.2 Å². The molecule has 150 valence electrons. The van der Waals surface area contributed by atoms with Crippen LogP contribution in [0.5, 0.6) is 0 Å².